The minimum absolute atomic E-state index is 0.581. The summed E-state index contributed by atoms with van der Waals surface area (Å²) >= 11 is 0. The lowest BCUT2D eigenvalue weighted by molar-refractivity contribution is 0.129. The smallest absolute Gasteiger partial charge is 0.211 e. The molecule has 2 N–H and O–H groups in total. The minimum Gasteiger partial charge on any atom is -0.399 e. The van der Waals surface area contributed by atoms with Gasteiger partial charge in [0, 0.05) is 31.4 Å². The van der Waals surface area contributed by atoms with Gasteiger partial charge in [-0.25, -0.2) is 12.7 Å². The van der Waals surface area contributed by atoms with E-state index in [2.05, 4.69) is 24.0 Å². The fourth-order valence-corrected chi connectivity index (χ4v) is 5.41. The van der Waals surface area contributed by atoms with Gasteiger partial charge in [0.15, 0.2) is 0 Å². The van der Waals surface area contributed by atoms with Crippen LogP contribution in [0.3, 0.4) is 0 Å². The Morgan fingerprint density at radius 2 is 1.92 bits per heavy atom. The zero-order chi connectivity index (χ0) is 18.7. The summed E-state index contributed by atoms with van der Waals surface area (Å²) in [6.07, 6.45) is 7.85. The number of nitrogens with two attached hydrogens (primary N) is 1. The minimum atomic E-state index is -3.04. The first-order chi connectivity index (χ1) is 12.4. The molecular weight excluding hydrogens is 346 g/mol. The molecule has 0 radical (unpaired) electrons. The summed E-state index contributed by atoms with van der Waals surface area (Å²) in [5.41, 5.74) is 9.72. The van der Waals surface area contributed by atoms with E-state index in [9.17, 15) is 8.42 Å². The van der Waals surface area contributed by atoms with Crippen LogP contribution in [-0.4, -0.2) is 56.1 Å². The summed E-state index contributed by atoms with van der Waals surface area (Å²) in [5.74, 6) is 0.599. The molecule has 3 rings (SSSR count). The van der Waals surface area contributed by atoms with E-state index in [0.29, 0.717) is 25.0 Å². The van der Waals surface area contributed by atoms with Crippen molar-refractivity contribution >= 4 is 15.7 Å². The highest BCUT2D eigenvalue weighted by Gasteiger charge is 2.29. The van der Waals surface area contributed by atoms with Crippen LogP contribution in [0.1, 0.15) is 43.7 Å². The van der Waals surface area contributed by atoms with Gasteiger partial charge in [0.2, 0.25) is 10.0 Å². The Hall–Kier alpha value is -1.11. The molecule has 1 aliphatic carbocycles. The number of hydrogen-bond donors (Lipinski definition) is 1. The molecule has 146 valence electrons. The van der Waals surface area contributed by atoms with Gasteiger partial charge in [-0.1, -0.05) is 13.0 Å². The van der Waals surface area contributed by atoms with Crippen molar-refractivity contribution in [3.05, 3.63) is 29.3 Å². The predicted molar refractivity (Wildman–Crippen MR) is 108 cm³/mol. The molecule has 6 heteroatoms. The van der Waals surface area contributed by atoms with Crippen LogP contribution in [-0.2, 0) is 22.9 Å². The molecule has 1 heterocycles. The molecule has 0 amide bonds. The van der Waals surface area contributed by atoms with Gasteiger partial charge < -0.3 is 5.73 Å². The zero-order valence-electron chi connectivity index (χ0n) is 16.2. The number of aryl methyl sites for hydroxylation is 1. The highest BCUT2D eigenvalue weighted by molar-refractivity contribution is 7.88. The van der Waals surface area contributed by atoms with Crippen LogP contribution in [0.2, 0.25) is 0 Å². The highest BCUT2D eigenvalue weighted by atomic mass is 32.2. The molecule has 1 fully saturated rings. The standard InChI is InChI=1S/C20H33N3O2S/c1-3-10-22(15-16-8-11-23(12-9-16)26(2,24)25)20-7-5-17-4-6-19(21)13-18(17)14-20/h4,6,13,16,20H,3,5,7-12,14-15,21H2,1-2H3. The molecule has 0 spiro atoms. The number of nitrogen functional groups attached to an aromatic ring is 1. The summed E-state index contributed by atoms with van der Waals surface area (Å²) in [4.78, 5) is 2.66. The number of hydrogen-bond acceptors (Lipinski definition) is 4. The maximum absolute atomic E-state index is 11.7. The summed E-state index contributed by atoms with van der Waals surface area (Å²) in [5, 5.41) is 0. The summed E-state index contributed by atoms with van der Waals surface area (Å²) in [6, 6.07) is 6.93. The third-order valence-electron chi connectivity index (χ3n) is 6.00. The largest absolute Gasteiger partial charge is 0.399 e. The first-order valence-corrected chi connectivity index (χ1v) is 11.8. The van der Waals surface area contributed by atoms with Gasteiger partial charge in [-0.05, 0) is 74.2 Å². The molecule has 1 aliphatic heterocycles. The Kier molecular flexibility index (Phi) is 6.25. The van der Waals surface area contributed by atoms with Crippen molar-refractivity contribution in [2.45, 2.75) is 51.5 Å². The van der Waals surface area contributed by atoms with Gasteiger partial charge in [-0.2, -0.15) is 0 Å². The van der Waals surface area contributed by atoms with E-state index >= 15 is 0 Å². The predicted octanol–water partition coefficient (Wildman–Crippen LogP) is 2.51. The third kappa shape index (κ3) is 4.78. The molecule has 1 atom stereocenters. The molecule has 26 heavy (non-hydrogen) atoms. The fourth-order valence-electron chi connectivity index (χ4n) is 4.53. The van der Waals surface area contributed by atoms with Crippen molar-refractivity contribution in [1.29, 1.82) is 0 Å². The van der Waals surface area contributed by atoms with Crippen LogP contribution in [0.25, 0.3) is 0 Å². The molecule has 5 nitrogen and oxygen atoms in total. The molecule has 0 aromatic heterocycles. The van der Waals surface area contributed by atoms with E-state index in [0.717, 1.165) is 50.9 Å². The lowest BCUT2D eigenvalue weighted by Crippen LogP contribution is -2.45. The highest BCUT2D eigenvalue weighted by Crippen LogP contribution is 2.28. The van der Waals surface area contributed by atoms with Crippen LogP contribution in [0.15, 0.2) is 18.2 Å². The summed E-state index contributed by atoms with van der Waals surface area (Å²) in [7, 11) is -3.04. The molecule has 0 bridgehead atoms. The van der Waals surface area contributed by atoms with Gasteiger partial charge in [-0.3, -0.25) is 4.90 Å². The number of sulfonamides is 1. The number of anilines is 1. The van der Waals surface area contributed by atoms with E-state index < -0.39 is 10.0 Å². The lowest BCUT2D eigenvalue weighted by Gasteiger charge is -2.39. The number of rotatable bonds is 6. The van der Waals surface area contributed by atoms with Gasteiger partial charge in [0.05, 0.1) is 6.26 Å². The van der Waals surface area contributed by atoms with Gasteiger partial charge in [0.25, 0.3) is 0 Å². The monoisotopic (exact) mass is 379 g/mol. The second-order valence-electron chi connectivity index (χ2n) is 8.03. The molecule has 1 aromatic rings. The molecule has 1 unspecified atom stereocenters. The first-order valence-electron chi connectivity index (χ1n) is 9.93. The molecule has 2 aliphatic rings. The zero-order valence-corrected chi connectivity index (χ0v) is 17.0. The van der Waals surface area contributed by atoms with E-state index in [4.69, 9.17) is 5.73 Å². The SMILES string of the molecule is CCCN(CC1CCN(S(C)(=O)=O)CC1)C1CCc2ccc(N)cc2C1. The number of fused-ring (bicyclic) bond motifs is 1. The average molecular weight is 380 g/mol. The Labute approximate surface area is 158 Å². The molecule has 1 saturated heterocycles. The molecule has 0 saturated carbocycles. The normalized spacial score (nSPS) is 22.5. The van der Waals surface area contributed by atoms with E-state index in [1.807, 2.05) is 6.07 Å². The second kappa shape index (κ2) is 8.28. The topological polar surface area (TPSA) is 66.6 Å². The van der Waals surface area contributed by atoms with Crippen LogP contribution in [0.5, 0.6) is 0 Å². The van der Waals surface area contributed by atoms with Crippen molar-refractivity contribution in [3.63, 3.8) is 0 Å². The summed E-state index contributed by atoms with van der Waals surface area (Å²) < 4.78 is 25.1. The Balaban J connectivity index is 1.61. The number of benzene rings is 1. The van der Waals surface area contributed by atoms with Crippen molar-refractivity contribution in [1.82, 2.24) is 9.21 Å². The van der Waals surface area contributed by atoms with Crippen molar-refractivity contribution in [2.75, 3.05) is 38.2 Å². The van der Waals surface area contributed by atoms with E-state index in [-0.39, 0.29) is 0 Å². The third-order valence-corrected chi connectivity index (χ3v) is 7.30. The Morgan fingerprint density at radius 3 is 2.58 bits per heavy atom. The number of nitrogens with zero attached hydrogens (tertiary/aromatic N) is 2. The van der Waals surface area contributed by atoms with Crippen molar-refractivity contribution < 1.29 is 8.42 Å². The lowest BCUT2D eigenvalue weighted by atomic mass is 9.86. The van der Waals surface area contributed by atoms with Gasteiger partial charge >= 0.3 is 0 Å². The maximum Gasteiger partial charge on any atom is 0.211 e. The van der Waals surface area contributed by atoms with E-state index in [1.165, 1.54) is 23.8 Å². The fraction of sp³-hybridized carbons (Fsp3) is 0.700. The summed E-state index contributed by atoms with van der Waals surface area (Å²) in [6.45, 7) is 5.80. The molecular formula is C20H33N3O2S. The Bertz CT molecular complexity index is 712. The van der Waals surface area contributed by atoms with E-state index in [1.54, 1.807) is 4.31 Å². The average Bonchev–Trinajstić information content (AvgIpc) is 2.60. The van der Waals surface area contributed by atoms with Crippen LogP contribution >= 0.6 is 0 Å². The van der Waals surface area contributed by atoms with Gasteiger partial charge in [-0.15, -0.1) is 0 Å². The van der Waals surface area contributed by atoms with Crippen molar-refractivity contribution in [3.8, 4) is 0 Å². The first kappa shape index (κ1) is 19.6. The van der Waals surface area contributed by atoms with Crippen LogP contribution in [0, 0.1) is 5.92 Å². The second-order valence-corrected chi connectivity index (χ2v) is 10.0. The number of piperidine rings is 1. The molecule has 1 aromatic carbocycles. The van der Waals surface area contributed by atoms with Crippen LogP contribution < -0.4 is 5.73 Å². The quantitative estimate of drug-likeness (QED) is 0.771. The van der Waals surface area contributed by atoms with Gasteiger partial charge in [0.1, 0.15) is 0 Å². The Morgan fingerprint density at radius 1 is 1.19 bits per heavy atom. The van der Waals surface area contributed by atoms with Crippen LogP contribution in [0.4, 0.5) is 5.69 Å². The maximum atomic E-state index is 11.7. The van der Waals surface area contributed by atoms with Crippen molar-refractivity contribution in [2.24, 2.45) is 5.92 Å².